The smallest absolute Gasteiger partial charge is 0.221 e. The number of hydrogen-bond acceptors (Lipinski definition) is 5. The van der Waals surface area contributed by atoms with Crippen molar-refractivity contribution in [3.05, 3.63) is 35.5 Å². The number of amides is 1. The fourth-order valence-electron chi connectivity index (χ4n) is 2.71. The summed E-state index contributed by atoms with van der Waals surface area (Å²) in [6, 6.07) is 5.33. The molecule has 1 heterocycles. The topological polar surface area (TPSA) is 78.5 Å². The van der Waals surface area contributed by atoms with E-state index in [1.54, 1.807) is 12.1 Å². The normalized spacial score (nSPS) is 17.9. The van der Waals surface area contributed by atoms with Crippen molar-refractivity contribution in [3.63, 3.8) is 0 Å². The quantitative estimate of drug-likeness (QED) is 0.828. The van der Waals surface area contributed by atoms with Gasteiger partial charge in [0.15, 0.2) is 5.78 Å². The molecular weight excluding hydrogens is 294 g/mol. The minimum Gasteiger partial charge on any atom is -0.383 e. The lowest BCUT2D eigenvalue weighted by Crippen LogP contribution is -2.30. The van der Waals surface area contributed by atoms with Crippen molar-refractivity contribution in [2.75, 3.05) is 31.3 Å². The van der Waals surface area contributed by atoms with Crippen LogP contribution in [0.4, 0.5) is 11.4 Å². The van der Waals surface area contributed by atoms with Crippen LogP contribution in [0.1, 0.15) is 25.3 Å². The molecule has 1 aliphatic rings. The van der Waals surface area contributed by atoms with Crippen LogP contribution in [0.25, 0.3) is 0 Å². The second-order valence-electron chi connectivity index (χ2n) is 5.86. The second-order valence-corrected chi connectivity index (χ2v) is 5.86. The molecule has 0 bridgehead atoms. The van der Waals surface area contributed by atoms with E-state index in [1.165, 1.54) is 13.8 Å². The maximum atomic E-state index is 12.5. The van der Waals surface area contributed by atoms with Gasteiger partial charge in [-0.2, -0.15) is 0 Å². The van der Waals surface area contributed by atoms with Crippen LogP contribution in [-0.2, 0) is 14.4 Å². The molecule has 2 rings (SSSR count). The number of carbonyl (C=O) groups excluding carboxylic acids is 3. The molecule has 0 aromatic heterocycles. The van der Waals surface area contributed by atoms with Gasteiger partial charge in [0.25, 0.3) is 0 Å². The van der Waals surface area contributed by atoms with Crippen molar-refractivity contribution < 1.29 is 14.4 Å². The van der Waals surface area contributed by atoms with E-state index < -0.39 is 17.5 Å². The molecule has 122 valence electrons. The summed E-state index contributed by atoms with van der Waals surface area (Å²) in [7, 11) is 3.73. The number of ketones is 2. The van der Waals surface area contributed by atoms with Crippen LogP contribution in [0.2, 0.25) is 0 Å². The largest absolute Gasteiger partial charge is 0.383 e. The summed E-state index contributed by atoms with van der Waals surface area (Å²) >= 11 is 0. The lowest BCUT2D eigenvalue weighted by atomic mass is 9.82. The highest BCUT2D eigenvalue weighted by atomic mass is 16.2. The molecule has 0 saturated heterocycles. The van der Waals surface area contributed by atoms with Crippen LogP contribution in [0.5, 0.6) is 0 Å². The van der Waals surface area contributed by atoms with Gasteiger partial charge in [-0.05, 0) is 29.3 Å². The monoisotopic (exact) mass is 315 g/mol. The van der Waals surface area contributed by atoms with Gasteiger partial charge in [0.1, 0.15) is 0 Å². The third kappa shape index (κ3) is 3.77. The number of fused-ring (bicyclic) bond motifs is 1. The third-order valence-corrected chi connectivity index (χ3v) is 3.57. The Balaban J connectivity index is 2.54. The van der Waals surface area contributed by atoms with Gasteiger partial charge in [-0.15, -0.1) is 0 Å². The molecule has 1 aliphatic heterocycles. The number of anilines is 2. The summed E-state index contributed by atoms with van der Waals surface area (Å²) < 4.78 is 0. The van der Waals surface area contributed by atoms with Gasteiger partial charge < -0.3 is 15.5 Å². The molecule has 0 radical (unpaired) electrons. The number of hydrogen-bond donors (Lipinski definition) is 2. The molecule has 6 heteroatoms. The van der Waals surface area contributed by atoms with Gasteiger partial charge in [0.2, 0.25) is 11.7 Å². The minimum absolute atomic E-state index is 0.188. The Hall–Kier alpha value is -2.63. The van der Waals surface area contributed by atoms with Gasteiger partial charge in [0.05, 0.1) is 5.92 Å². The number of Topliss-reactive ketones (excluding diaryl/α,β-unsaturated/α-hetero) is 2. The Bertz CT molecular complexity index is 692. The van der Waals surface area contributed by atoms with Crippen LogP contribution in [-0.4, -0.2) is 43.0 Å². The first-order valence-electron chi connectivity index (χ1n) is 7.36. The molecule has 0 spiro atoms. The first-order chi connectivity index (χ1) is 10.8. The third-order valence-electron chi connectivity index (χ3n) is 3.57. The fraction of sp³-hybridized carbons (Fsp3) is 0.353. The van der Waals surface area contributed by atoms with E-state index in [0.717, 1.165) is 11.3 Å². The van der Waals surface area contributed by atoms with Crippen molar-refractivity contribution in [1.29, 1.82) is 0 Å². The Morgan fingerprint density at radius 1 is 1.26 bits per heavy atom. The molecular formula is C17H21N3O3. The number of rotatable bonds is 4. The van der Waals surface area contributed by atoms with Crippen LogP contribution in [0, 0.1) is 0 Å². The Morgan fingerprint density at radius 2 is 1.96 bits per heavy atom. The summed E-state index contributed by atoms with van der Waals surface area (Å²) in [5.41, 5.74) is 2.93. The Morgan fingerprint density at radius 3 is 2.52 bits per heavy atom. The van der Waals surface area contributed by atoms with Crippen LogP contribution in [0.15, 0.2) is 30.0 Å². The van der Waals surface area contributed by atoms with E-state index >= 15 is 0 Å². The highest BCUT2D eigenvalue weighted by Gasteiger charge is 2.33. The molecule has 2 N–H and O–H groups in total. The minimum atomic E-state index is -0.625. The van der Waals surface area contributed by atoms with Crippen molar-refractivity contribution in [2.24, 2.45) is 0 Å². The molecule has 1 atom stereocenters. The first-order valence-corrected chi connectivity index (χ1v) is 7.36. The van der Waals surface area contributed by atoms with Gasteiger partial charge in [-0.1, -0.05) is 0 Å². The van der Waals surface area contributed by atoms with Crippen LogP contribution >= 0.6 is 0 Å². The first kappa shape index (κ1) is 16.7. The molecule has 1 aromatic carbocycles. The van der Waals surface area contributed by atoms with Gasteiger partial charge in [0, 0.05) is 52.1 Å². The van der Waals surface area contributed by atoms with E-state index in [-0.39, 0.29) is 5.91 Å². The highest BCUT2D eigenvalue weighted by molar-refractivity contribution is 6.39. The van der Waals surface area contributed by atoms with E-state index in [4.69, 9.17) is 0 Å². The summed E-state index contributed by atoms with van der Waals surface area (Å²) in [6.07, 6.45) is 1.85. The van der Waals surface area contributed by atoms with Crippen molar-refractivity contribution in [1.82, 2.24) is 4.90 Å². The number of nitrogens with zero attached hydrogens (tertiary/aromatic N) is 1. The maximum Gasteiger partial charge on any atom is 0.221 e. The molecule has 1 amide bonds. The van der Waals surface area contributed by atoms with Crippen molar-refractivity contribution >= 4 is 28.8 Å². The molecule has 1 unspecified atom stereocenters. The predicted octanol–water partition coefficient (Wildman–Crippen LogP) is 1.76. The SMILES string of the molecule is CC(=O)Nc1ccc2c(c1)C(C(=O)C(C)=O)/C(=C\N(C)C)CN2. The van der Waals surface area contributed by atoms with Crippen LogP contribution in [0.3, 0.4) is 0 Å². The number of nitrogens with one attached hydrogen (secondary N) is 2. The second kappa shape index (κ2) is 6.64. The zero-order valence-electron chi connectivity index (χ0n) is 13.8. The molecule has 23 heavy (non-hydrogen) atoms. The molecule has 0 fully saturated rings. The standard InChI is InChI=1S/C17H21N3O3/c1-10(21)17(23)16-12(9-20(3)4)8-18-15-6-5-13(7-14(15)16)19-11(2)22/h5-7,9,16,18H,8H2,1-4H3,(H,19,22)/b12-9-. The summed E-state index contributed by atoms with van der Waals surface area (Å²) in [5, 5.41) is 5.96. The summed E-state index contributed by atoms with van der Waals surface area (Å²) in [4.78, 5) is 37.2. The van der Waals surface area contributed by atoms with E-state index in [1.807, 2.05) is 31.3 Å². The van der Waals surface area contributed by atoms with Crippen molar-refractivity contribution in [3.8, 4) is 0 Å². The van der Waals surface area contributed by atoms with E-state index in [0.29, 0.717) is 17.8 Å². The fourth-order valence-corrected chi connectivity index (χ4v) is 2.71. The molecule has 0 aliphatic carbocycles. The van der Waals surface area contributed by atoms with E-state index in [2.05, 4.69) is 10.6 Å². The number of carbonyl (C=O) groups is 3. The lowest BCUT2D eigenvalue weighted by Gasteiger charge is -2.29. The lowest BCUT2D eigenvalue weighted by molar-refractivity contribution is -0.135. The number of benzene rings is 1. The average Bonchev–Trinajstić information content (AvgIpc) is 2.45. The summed E-state index contributed by atoms with van der Waals surface area (Å²) in [5.74, 6) is -1.73. The zero-order chi connectivity index (χ0) is 17.1. The molecule has 1 aromatic rings. The van der Waals surface area contributed by atoms with Gasteiger partial charge in [-0.3, -0.25) is 14.4 Å². The van der Waals surface area contributed by atoms with Gasteiger partial charge >= 0.3 is 0 Å². The van der Waals surface area contributed by atoms with E-state index in [9.17, 15) is 14.4 Å². The van der Waals surface area contributed by atoms with Crippen molar-refractivity contribution in [2.45, 2.75) is 19.8 Å². The molecule has 0 saturated carbocycles. The maximum absolute atomic E-state index is 12.5. The predicted molar refractivity (Wildman–Crippen MR) is 89.4 cm³/mol. The Kier molecular flexibility index (Phi) is 4.83. The zero-order valence-corrected chi connectivity index (χ0v) is 13.8. The van der Waals surface area contributed by atoms with Crippen LogP contribution < -0.4 is 10.6 Å². The van der Waals surface area contributed by atoms with Gasteiger partial charge in [-0.25, -0.2) is 0 Å². The molecule has 6 nitrogen and oxygen atoms in total. The highest BCUT2D eigenvalue weighted by Crippen LogP contribution is 2.37. The Labute approximate surface area is 135 Å². The average molecular weight is 315 g/mol. The summed E-state index contributed by atoms with van der Waals surface area (Å²) in [6.45, 7) is 3.20.